The molecular formula is C30H25N3O2S. The quantitative estimate of drug-likeness (QED) is 0.273. The first-order valence-corrected chi connectivity index (χ1v) is 12.8. The predicted octanol–water partition coefficient (Wildman–Crippen LogP) is 6.59. The molecule has 0 bridgehead atoms. The van der Waals surface area contributed by atoms with Gasteiger partial charge in [0.2, 0.25) is 5.91 Å². The van der Waals surface area contributed by atoms with Gasteiger partial charge in [0.05, 0.1) is 6.42 Å². The molecule has 0 spiro atoms. The number of aryl methyl sites for hydroxylation is 1. The molecule has 0 radical (unpaired) electrons. The van der Waals surface area contributed by atoms with Gasteiger partial charge in [0, 0.05) is 45.0 Å². The summed E-state index contributed by atoms with van der Waals surface area (Å²) in [7, 11) is 0. The molecule has 3 heterocycles. The van der Waals surface area contributed by atoms with Crippen molar-refractivity contribution in [3.8, 4) is 0 Å². The first-order chi connectivity index (χ1) is 17.6. The molecule has 6 heteroatoms. The number of para-hydroxylation sites is 1. The summed E-state index contributed by atoms with van der Waals surface area (Å²) in [6.45, 7) is 2.79. The van der Waals surface area contributed by atoms with Crippen molar-refractivity contribution in [2.45, 2.75) is 25.9 Å². The first-order valence-electron chi connectivity index (χ1n) is 12.0. The molecule has 0 fully saturated rings. The van der Waals surface area contributed by atoms with E-state index in [9.17, 15) is 9.59 Å². The normalized spacial score (nSPS) is 14.4. The highest BCUT2D eigenvalue weighted by atomic mass is 32.1. The Labute approximate surface area is 213 Å². The Morgan fingerprint density at radius 2 is 1.75 bits per heavy atom. The maximum absolute atomic E-state index is 13.6. The van der Waals surface area contributed by atoms with Gasteiger partial charge >= 0.3 is 0 Å². The Hall–Kier alpha value is -4.16. The summed E-state index contributed by atoms with van der Waals surface area (Å²) in [6.07, 6.45) is 2.34. The number of nitrogens with one attached hydrogen (secondary N) is 2. The van der Waals surface area contributed by atoms with E-state index in [0.29, 0.717) is 17.7 Å². The second-order valence-electron chi connectivity index (χ2n) is 9.11. The molecule has 1 amide bonds. The predicted molar refractivity (Wildman–Crippen MR) is 146 cm³/mol. The molecule has 178 valence electrons. The van der Waals surface area contributed by atoms with Gasteiger partial charge in [-0.1, -0.05) is 36.4 Å². The molecule has 5 nitrogen and oxygen atoms in total. The fraction of sp³-hybridized carbons (Fsp3) is 0.133. The van der Waals surface area contributed by atoms with E-state index in [1.165, 1.54) is 10.1 Å². The molecule has 5 aromatic rings. The van der Waals surface area contributed by atoms with Crippen molar-refractivity contribution in [1.29, 1.82) is 0 Å². The SMILES string of the molecule is Cc1c(CC(=O)Nc2ccc(C(=O)C3Nc4ccccc4Cn4cccc43)cc2)sc2ccccc12. The number of ketones is 1. The molecule has 1 aliphatic heterocycles. The molecule has 0 saturated carbocycles. The van der Waals surface area contributed by atoms with E-state index >= 15 is 0 Å². The second kappa shape index (κ2) is 9.13. The van der Waals surface area contributed by atoms with Gasteiger partial charge in [0.15, 0.2) is 5.78 Å². The van der Waals surface area contributed by atoms with Crippen molar-refractivity contribution in [2.75, 3.05) is 10.6 Å². The molecule has 2 aromatic heterocycles. The van der Waals surface area contributed by atoms with Crippen LogP contribution in [0, 0.1) is 6.92 Å². The summed E-state index contributed by atoms with van der Waals surface area (Å²) in [6, 6.07) is 27.0. The minimum Gasteiger partial charge on any atom is -0.370 e. The fourth-order valence-corrected chi connectivity index (χ4v) is 6.08. The number of hydrogen-bond donors (Lipinski definition) is 2. The smallest absolute Gasteiger partial charge is 0.229 e. The zero-order valence-corrected chi connectivity index (χ0v) is 20.6. The van der Waals surface area contributed by atoms with E-state index in [4.69, 9.17) is 0 Å². The summed E-state index contributed by atoms with van der Waals surface area (Å²) in [4.78, 5) is 27.4. The van der Waals surface area contributed by atoms with Crippen LogP contribution in [0.4, 0.5) is 11.4 Å². The minimum atomic E-state index is -0.486. The summed E-state index contributed by atoms with van der Waals surface area (Å²) < 4.78 is 3.31. The molecule has 3 aromatic carbocycles. The van der Waals surface area contributed by atoms with Crippen molar-refractivity contribution < 1.29 is 9.59 Å². The van der Waals surface area contributed by atoms with Gasteiger partial charge < -0.3 is 15.2 Å². The number of amides is 1. The largest absolute Gasteiger partial charge is 0.370 e. The lowest BCUT2D eigenvalue weighted by atomic mass is 10.0. The number of anilines is 2. The van der Waals surface area contributed by atoms with Gasteiger partial charge in [-0.25, -0.2) is 0 Å². The highest BCUT2D eigenvalue weighted by Crippen LogP contribution is 2.32. The van der Waals surface area contributed by atoms with Crippen LogP contribution in [0.2, 0.25) is 0 Å². The third kappa shape index (κ3) is 4.10. The van der Waals surface area contributed by atoms with E-state index in [2.05, 4.69) is 40.3 Å². The van der Waals surface area contributed by atoms with Crippen LogP contribution in [-0.2, 0) is 17.8 Å². The maximum atomic E-state index is 13.6. The molecule has 0 saturated heterocycles. The van der Waals surface area contributed by atoms with Crippen LogP contribution in [0.25, 0.3) is 10.1 Å². The highest BCUT2D eigenvalue weighted by Gasteiger charge is 2.28. The number of hydrogen-bond acceptors (Lipinski definition) is 4. The Kier molecular flexibility index (Phi) is 5.66. The lowest BCUT2D eigenvalue weighted by molar-refractivity contribution is -0.115. The number of aromatic nitrogens is 1. The number of rotatable bonds is 5. The molecular weight excluding hydrogens is 466 g/mol. The minimum absolute atomic E-state index is 0.00886. The zero-order valence-electron chi connectivity index (χ0n) is 19.8. The van der Waals surface area contributed by atoms with Gasteiger partial charge in [-0.05, 0) is 72.0 Å². The molecule has 1 aliphatic rings. The molecule has 0 aliphatic carbocycles. The van der Waals surface area contributed by atoms with E-state index in [1.54, 1.807) is 35.6 Å². The fourth-order valence-electron chi connectivity index (χ4n) is 4.87. The van der Waals surface area contributed by atoms with Gasteiger partial charge in [-0.3, -0.25) is 9.59 Å². The molecule has 6 rings (SSSR count). The summed E-state index contributed by atoms with van der Waals surface area (Å²) in [5.74, 6) is -0.0750. The van der Waals surface area contributed by atoms with Crippen LogP contribution in [0.15, 0.2) is 91.1 Å². The van der Waals surface area contributed by atoms with Gasteiger partial charge in [-0.15, -0.1) is 11.3 Å². The van der Waals surface area contributed by atoms with Crippen molar-refractivity contribution in [1.82, 2.24) is 4.57 Å². The van der Waals surface area contributed by atoms with Crippen LogP contribution in [-0.4, -0.2) is 16.3 Å². The highest BCUT2D eigenvalue weighted by molar-refractivity contribution is 7.19. The number of thiophene rings is 1. The number of Topliss-reactive ketones (excluding diaryl/α,β-unsaturated/α-hetero) is 1. The molecule has 1 atom stereocenters. The lowest BCUT2D eigenvalue weighted by Gasteiger charge is -2.18. The van der Waals surface area contributed by atoms with Crippen LogP contribution in [0.1, 0.15) is 38.1 Å². The standard InChI is InChI=1S/C30H25N3O2S/c1-19-23-8-3-5-11-26(23)36-27(19)17-28(34)31-22-14-12-20(13-15-22)30(35)29-25-10-6-16-33(25)18-21-7-2-4-9-24(21)32-29/h2-16,29,32H,17-18H2,1H3,(H,31,34). The van der Waals surface area contributed by atoms with E-state index in [0.717, 1.165) is 33.9 Å². The Morgan fingerprint density at radius 1 is 0.972 bits per heavy atom. The number of carbonyl (C=O) groups excluding carboxylic acids is 2. The summed E-state index contributed by atoms with van der Waals surface area (Å²) in [5.41, 5.74) is 5.49. The lowest BCUT2D eigenvalue weighted by Crippen LogP contribution is -2.22. The molecule has 36 heavy (non-hydrogen) atoms. The topological polar surface area (TPSA) is 63.1 Å². The van der Waals surface area contributed by atoms with Crippen LogP contribution >= 0.6 is 11.3 Å². The van der Waals surface area contributed by atoms with Gasteiger partial charge in [0.25, 0.3) is 0 Å². The third-order valence-electron chi connectivity index (χ3n) is 6.80. The number of carbonyl (C=O) groups is 2. The van der Waals surface area contributed by atoms with E-state index in [-0.39, 0.29) is 11.7 Å². The van der Waals surface area contributed by atoms with Crippen molar-refractivity contribution in [3.63, 3.8) is 0 Å². The molecule has 2 N–H and O–H groups in total. The average Bonchev–Trinajstić information content (AvgIpc) is 3.43. The average molecular weight is 492 g/mol. The van der Waals surface area contributed by atoms with Crippen molar-refractivity contribution >= 4 is 44.5 Å². The third-order valence-corrected chi connectivity index (χ3v) is 8.07. The van der Waals surface area contributed by atoms with Crippen LogP contribution in [0.5, 0.6) is 0 Å². The van der Waals surface area contributed by atoms with Crippen molar-refractivity contribution in [2.24, 2.45) is 0 Å². The number of nitrogens with zero attached hydrogens (tertiary/aromatic N) is 1. The van der Waals surface area contributed by atoms with Crippen molar-refractivity contribution in [3.05, 3.63) is 118 Å². The zero-order chi connectivity index (χ0) is 24.6. The van der Waals surface area contributed by atoms with Crippen LogP contribution < -0.4 is 10.6 Å². The van der Waals surface area contributed by atoms with E-state index in [1.807, 2.05) is 48.7 Å². The number of fused-ring (bicyclic) bond motifs is 3. The summed E-state index contributed by atoms with van der Waals surface area (Å²) in [5, 5.41) is 7.63. The molecule has 1 unspecified atom stereocenters. The summed E-state index contributed by atoms with van der Waals surface area (Å²) >= 11 is 1.66. The maximum Gasteiger partial charge on any atom is 0.229 e. The van der Waals surface area contributed by atoms with Crippen LogP contribution in [0.3, 0.4) is 0 Å². The van der Waals surface area contributed by atoms with Gasteiger partial charge in [-0.2, -0.15) is 0 Å². The first kappa shape index (κ1) is 22.3. The Morgan fingerprint density at radius 3 is 2.58 bits per heavy atom. The Bertz CT molecular complexity index is 1600. The van der Waals surface area contributed by atoms with E-state index < -0.39 is 6.04 Å². The second-order valence-corrected chi connectivity index (χ2v) is 10.2. The number of benzene rings is 3. The Balaban J connectivity index is 1.18. The van der Waals surface area contributed by atoms with Gasteiger partial charge in [0.1, 0.15) is 6.04 Å². The monoisotopic (exact) mass is 491 g/mol.